The van der Waals surface area contributed by atoms with Gasteiger partial charge in [-0.15, -0.1) is 0 Å². The van der Waals surface area contributed by atoms with Crippen molar-refractivity contribution in [3.05, 3.63) is 29.8 Å². The predicted molar refractivity (Wildman–Crippen MR) is 109 cm³/mol. The van der Waals surface area contributed by atoms with E-state index in [0.717, 1.165) is 32.1 Å². The molecule has 26 heavy (non-hydrogen) atoms. The molecule has 0 radical (unpaired) electrons. The number of hydrogen-bond acceptors (Lipinski definition) is 3. The van der Waals surface area contributed by atoms with Gasteiger partial charge in [-0.25, -0.2) is 4.99 Å². The SMILES string of the molecule is CCNC(=NCC(=O)N(C)C)N(C)Cc1ccc(N2CCCCC2)cc1. The molecule has 0 spiro atoms. The molecule has 1 aromatic carbocycles. The molecule has 1 saturated heterocycles. The number of carbonyl (C=O) groups excluding carboxylic acids is 1. The molecule has 0 aromatic heterocycles. The number of guanidine groups is 1. The third-order valence-corrected chi connectivity index (χ3v) is 4.64. The first-order chi connectivity index (χ1) is 12.5. The van der Waals surface area contributed by atoms with Gasteiger partial charge in [0, 0.05) is 53.0 Å². The van der Waals surface area contributed by atoms with E-state index in [0.29, 0.717) is 0 Å². The van der Waals surface area contributed by atoms with Crippen LogP contribution in [0, 0.1) is 0 Å². The van der Waals surface area contributed by atoms with E-state index in [1.807, 2.05) is 14.0 Å². The Morgan fingerprint density at radius 1 is 1.12 bits per heavy atom. The number of piperidine rings is 1. The van der Waals surface area contributed by atoms with Gasteiger partial charge < -0.3 is 20.0 Å². The number of hydrogen-bond donors (Lipinski definition) is 1. The van der Waals surface area contributed by atoms with Gasteiger partial charge in [0.15, 0.2) is 5.96 Å². The van der Waals surface area contributed by atoms with Crippen molar-refractivity contribution in [3.63, 3.8) is 0 Å². The summed E-state index contributed by atoms with van der Waals surface area (Å²) in [7, 11) is 5.50. The Morgan fingerprint density at radius 2 is 1.77 bits per heavy atom. The fourth-order valence-corrected chi connectivity index (χ4v) is 3.07. The highest BCUT2D eigenvalue weighted by molar-refractivity contribution is 5.84. The van der Waals surface area contributed by atoms with Gasteiger partial charge in [-0.1, -0.05) is 12.1 Å². The number of likely N-dealkylation sites (N-methyl/N-ethyl adjacent to an activating group) is 1. The van der Waals surface area contributed by atoms with Crippen LogP contribution in [0.25, 0.3) is 0 Å². The zero-order valence-electron chi connectivity index (χ0n) is 16.7. The van der Waals surface area contributed by atoms with Crippen molar-refractivity contribution in [1.82, 2.24) is 15.1 Å². The summed E-state index contributed by atoms with van der Waals surface area (Å²) in [6.07, 6.45) is 3.93. The molecule has 1 N–H and O–H groups in total. The third kappa shape index (κ3) is 5.93. The molecular formula is C20H33N5O. The minimum atomic E-state index is -0.000289. The monoisotopic (exact) mass is 359 g/mol. The molecule has 0 unspecified atom stereocenters. The van der Waals surface area contributed by atoms with E-state index in [4.69, 9.17) is 0 Å². The number of anilines is 1. The fraction of sp³-hybridized carbons (Fsp3) is 0.600. The summed E-state index contributed by atoms with van der Waals surface area (Å²) in [5.41, 5.74) is 2.55. The van der Waals surface area contributed by atoms with Crippen molar-refractivity contribution < 1.29 is 4.79 Å². The summed E-state index contributed by atoms with van der Waals surface area (Å²) in [6, 6.07) is 8.81. The summed E-state index contributed by atoms with van der Waals surface area (Å²) in [5.74, 6) is 0.752. The van der Waals surface area contributed by atoms with Gasteiger partial charge in [0.25, 0.3) is 0 Å². The van der Waals surface area contributed by atoms with Crippen LogP contribution < -0.4 is 10.2 Å². The van der Waals surface area contributed by atoms with Crippen molar-refractivity contribution in [2.24, 2.45) is 4.99 Å². The first kappa shape index (κ1) is 20.1. The van der Waals surface area contributed by atoms with Crippen LogP contribution >= 0.6 is 0 Å². The number of rotatable bonds is 6. The van der Waals surface area contributed by atoms with Crippen molar-refractivity contribution >= 4 is 17.6 Å². The smallest absolute Gasteiger partial charge is 0.243 e. The number of amides is 1. The average Bonchev–Trinajstić information content (AvgIpc) is 2.66. The Balaban J connectivity index is 1.97. The molecule has 144 valence electrons. The molecule has 6 heteroatoms. The van der Waals surface area contributed by atoms with Crippen molar-refractivity contribution in [3.8, 4) is 0 Å². The van der Waals surface area contributed by atoms with Gasteiger partial charge in [0.1, 0.15) is 6.54 Å². The first-order valence-electron chi connectivity index (χ1n) is 9.54. The quantitative estimate of drug-likeness (QED) is 0.625. The maximum absolute atomic E-state index is 11.8. The third-order valence-electron chi connectivity index (χ3n) is 4.64. The van der Waals surface area contributed by atoms with Crippen LogP contribution in [0.4, 0.5) is 5.69 Å². The normalized spacial score (nSPS) is 14.9. The van der Waals surface area contributed by atoms with Crippen LogP contribution in [-0.2, 0) is 11.3 Å². The van der Waals surface area contributed by atoms with Crippen LogP contribution in [0.5, 0.6) is 0 Å². The summed E-state index contributed by atoms with van der Waals surface area (Å²) in [5, 5.41) is 3.26. The second kappa shape index (κ2) is 10.0. The topological polar surface area (TPSA) is 51.2 Å². The molecule has 1 fully saturated rings. The van der Waals surface area contributed by atoms with Crippen molar-refractivity contribution in [1.29, 1.82) is 0 Å². The molecule has 6 nitrogen and oxygen atoms in total. The summed E-state index contributed by atoms with van der Waals surface area (Å²) >= 11 is 0. The largest absolute Gasteiger partial charge is 0.372 e. The molecule has 1 aliphatic heterocycles. The van der Waals surface area contributed by atoms with Gasteiger partial charge in [-0.05, 0) is 43.9 Å². The first-order valence-corrected chi connectivity index (χ1v) is 9.54. The maximum atomic E-state index is 11.8. The minimum Gasteiger partial charge on any atom is -0.372 e. The maximum Gasteiger partial charge on any atom is 0.243 e. The van der Waals surface area contributed by atoms with Gasteiger partial charge in [0.05, 0.1) is 0 Å². The fourth-order valence-electron chi connectivity index (χ4n) is 3.07. The highest BCUT2D eigenvalue weighted by Gasteiger charge is 2.12. The molecule has 2 rings (SSSR count). The van der Waals surface area contributed by atoms with E-state index in [1.54, 1.807) is 19.0 Å². The van der Waals surface area contributed by atoms with E-state index in [-0.39, 0.29) is 12.5 Å². The molecule has 1 aromatic rings. The van der Waals surface area contributed by atoms with Gasteiger partial charge in [0.2, 0.25) is 5.91 Å². The lowest BCUT2D eigenvalue weighted by Crippen LogP contribution is -2.39. The predicted octanol–water partition coefficient (Wildman–Crippen LogP) is 2.16. The number of nitrogens with zero attached hydrogens (tertiary/aromatic N) is 4. The Labute approximate surface area is 157 Å². The molecule has 0 atom stereocenters. The Morgan fingerprint density at radius 3 is 2.35 bits per heavy atom. The number of aliphatic imine (C=N–C) groups is 1. The second-order valence-corrected chi connectivity index (χ2v) is 7.03. The molecule has 1 heterocycles. The lowest BCUT2D eigenvalue weighted by atomic mass is 10.1. The van der Waals surface area contributed by atoms with Crippen LogP contribution in [0.3, 0.4) is 0 Å². The van der Waals surface area contributed by atoms with E-state index < -0.39 is 0 Å². The zero-order chi connectivity index (χ0) is 18.9. The number of carbonyl (C=O) groups is 1. The lowest BCUT2D eigenvalue weighted by molar-refractivity contribution is -0.127. The minimum absolute atomic E-state index is 0.000289. The van der Waals surface area contributed by atoms with Crippen molar-refractivity contribution in [2.45, 2.75) is 32.7 Å². The Hall–Kier alpha value is -2.24. The highest BCUT2D eigenvalue weighted by Crippen LogP contribution is 2.20. The molecular weight excluding hydrogens is 326 g/mol. The molecule has 0 aliphatic carbocycles. The Bertz CT molecular complexity index is 591. The van der Waals surface area contributed by atoms with E-state index in [9.17, 15) is 4.79 Å². The zero-order valence-corrected chi connectivity index (χ0v) is 16.7. The summed E-state index contributed by atoms with van der Waals surface area (Å²) in [4.78, 5) is 22.3. The lowest BCUT2D eigenvalue weighted by Gasteiger charge is -2.29. The van der Waals surface area contributed by atoms with Crippen LogP contribution in [0.1, 0.15) is 31.7 Å². The van der Waals surface area contributed by atoms with E-state index in [2.05, 4.69) is 44.4 Å². The van der Waals surface area contributed by atoms with Crippen LogP contribution in [-0.4, -0.2) is 69.0 Å². The number of nitrogens with one attached hydrogen (secondary N) is 1. The van der Waals surface area contributed by atoms with Gasteiger partial charge >= 0.3 is 0 Å². The summed E-state index contributed by atoms with van der Waals surface area (Å²) in [6.45, 7) is 6.04. The second-order valence-electron chi connectivity index (χ2n) is 7.03. The van der Waals surface area contributed by atoms with E-state index >= 15 is 0 Å². The molecule has 1 amide bonds. The van der Waals surface area contributed by atoms with Crippen molar-refractivity contribution in [2.75, 3.05) is 52.2 Å². The highest BCUT2D eigenvalue weighted by atomic mass is 16.2. The summed E-state index contributed by atoms with van der Waals surface area (Å²) < 4.78 is 0. The van der Waals surface area contributed by atoms with E-state index in [1.165, 1.54) is 30.5 Å². The molecule has 0 bridgehead atoms. The molecule has 0 saturated carbocycles. The van der Waals surface area contributed by atoms with Gasteiger partial charge in [-0.2, -0.15) is 0 Å². The number of benzene rings is 1. The van der Waals surface area contributed by atoms with Crippen LogP contribution in [0.15, 0.2) is 29.3 Å². The molecule has 1 aliphatic rings. The van der Waals surface area contributed by atoms with Gasteiger partial charge in [-0.3, -0.25) is 4.79 Å². The standard InChI is InChI=1S/C20H33N5O/c1-5-21-20(22-15-19(26)23(2)3)24(4)16-17-9-11-18(12-10-17)25-13-7-6-8-14-25/h9-12H,5-8,13-16H2,1-4H3,(H,21,22). The Kier molecular flexibility index (Phi) is 7.75. The average molecular weight is 360 g/mol. The van der Waals surface area contributed by atoms with Crippen LogP contribution in [0.2, 0.25) is 0 Å².